The number of hydrogen-bond acceptors (Lipinski definition) is 4. The molecule has 0 spiro atoms. The Labute approximate surface area is 112 Å². The van der Waals surface area contributed by atoms with Crippen LogP contribution < -0.4 is 11.1 Å². The molecule has 3 heterocycles. The average molecular weight is 264 g/mol. The molecular weight excluding hydrogens is 244 g/mol. The fourth-order valence-electron chi connectivity index (χ4n) is 3.17. The summed E-state index contributed by atoms with van der Waals surface area (Å²) in [5.74, 6) is 0.377. The van der Waals surface area contributed by atoms with E-state index in [-0.39, 0.29) is 11.7 Å². The molecule has 19 heavy (non-hydrogen) atoms. The second kappa shape index (κ2) is 4.94. The molecule has 1 fully saturated rings. The summed E-state index contributed by atoms with van der Waals surface area (Å²) in [4.78, 5) is 15.8. The highest BCUT2D eigenvalue weighted by atomic mass is 16.4. The lowest BCUT2D eigenvalue weighted by Crippen LogP contribution is -2.34. The van der Waals surface area contributed by atoms with Crippen LogP contribution in [0.4, 0.5) is 0 Å². The summed E-state index contributed by atoms with van der Waals surface area (Å²) >= 11 is 0. The number of nitrogens with one attached hydrogen (secondary N) is 1. The summed E-state index contributed by atoms with van der Waals surface area (Å²) in [6, 6.07) is 0.115. The van der Waals surface area contributed by atoms with Crippen LogP contribution in [0, 0.1) is 0 Å². The third-order valence-corrected chi connectivity index (χ3v) is 4.18. The third-order valence-electron chi connectivity index (χ3n) is 4.18. The van der Waals surface area contributed by atoms with Crippen molar-refractivity contribution in [3.8, 4) is 0 Å². The van der Waals surface area contributed by atoms with E-state index >= 15 is 0 Å². The highest BCUT2D eigenvalue weighted by Gasteiger charge is 2.30. The first kappa shape index (κ1) is 12.6. The first-order valence-electron chi connectivity index (χ1n) is 6.95. The van der Waals surface area contributed by atoms with Gasteiger partial charge in [-0.3, -0.25) is 0 Å². The van der Waals surface area contributed by atoms with Gasteiger partial charge in [-0.1, -0.05) is 0 Å². The van der Waals surface area contributed by atoms with Crippen molar-refractivity contribution in [2.45, 2.75) is 44.2 Å². The van der Waals surface area contributed by atoms with Crippen LogP contribution in [0.5, 0.6) is 0 Å². The van der Waals surface area contributed by atoms with E-state index in [2.05, 4.69) is 14.9 Å². The quantitative estimate of drug-likeness (QED) is 0.715. The monoisotopic (exact) mass is 264 g/mol. The minimum absolute atomic E-state index is 0.115. The SMILES string of the molecule is NC1CCc2c(C(=O)O)nc(C3CCNCC3)n2C1. The van der Waals surface area contributed by atoms with Crippen molar-refractivity contribution in [3.05, 3.63) is 17.2 Å². The molecule has 2 aliphatic heterocycles. The molecule has 0 amide bonds. The molecule has 1 unspecified atom stereocenters. The van der Waals surface area contributed by atoms with Gasteiger partial charge in [-0.15, -0.1) is 0 Å². The minimum Gasteiger partial charge on any atom is -0.476 e. The van der Waals surface area contributed by atoms with Gasteiger partial charge in [-0.2, -0.15) is 0 Å². The van der Waals surface area contributed by atoms with Crippen molar-refractivity contribution in [2.24, 2.45) is 5.73 Å². The van der Waals surface area contributed by atoms with Crippen molar-refractivity contribution >= 4 is 5.97 Å². The van der Waals surface area contributed by atoms with Crippen molar-refractivity contribution < 1.29 is 9.90 Å². The smallest absolute Gasteiger partial charge is 0.356 e. The summed E-state index contributed by atoms with van der Waals surface area (Å²) in [7, 11) is 0. The third kappa shape index (κ3) is 2.26. The molecule has 6 nitrogen and oxygen atoms in total. The molecule has 0 saturated carbocycles. The molecule has 1 aromatic heterocycles. The van der Waals surface area contributed by atoms with Crippen LogP contribution in [0.25, 0.3) is 0 Å². The average Bonchev–Trinajstić information content (AvgIpc) is 2.78. The van der Waals surface area contributed by atoms with Crippen LogP contribution in [-0.2, 0) is 13.0 Å². The van der Waals surface area contributed by atoms with Crippen LogP contribution >= 0.6 is 0 Å². The van der Waals surface area contributed by atoms with Gasteiger partial charge in [-0.05, 0) is 38.8 Å². The Morgan fingerprint density at radius 1 is 1.37 bits per heavy atom. The van der Waals surface area contributed by atoms with Crippen molar-refractivity contribution in [1.82, 2.24) is 14.9 Å². The normalized spacial score (nSPS) is 24.2. The first-order chi connectivity index (χ1) is 9.16. The molecule has 0 bridgehead atoms. The van der Waals surface area contributed by atoms with Gasteiger partial charge in [0.2, 0.25) is 0 Å². The number of carboxylic acids is 1. The summed E-state index contributed by atoms with van der Waals surface area (Å²) in [6.45, 7) is 2.65. The van der Waals surface area contributed by atoms with E-state index in [1.54, 1.807) is 0 Å². The highest BCUT2D eigenvalue weighted by molar-refractivity contribution is 5.87. The van der Waals surface area contributed by atoms with Crippen molar-refractivity contribution in [2.75, 3.05) is 13.1 Å². The van der Waals surface area contributed by atoms with Gasteiger partial charge in [0.25, 0.3) is 0 Å². The highest BCUT2D eigenvalue weighted by Crippen LogP contribution is 2.29. The summed E-state index contributed by atoms with van der Waals surface area (Å²) in [5.41, 5.74) is 7.13. The van der Waals surface area contributed by atoms with E-state index in [9.17, 15) is 9.90 Å². The number of piperidine rings is 1. The Morgan fingerprint density at radius 3 is 2.79 bits per heavy atom. The fourth-order valence-corrected chi connectivity index (χ4v) is 3.17. The van der Waals surface area contributed by atoms with Crippen LogP contribution in [0.3, 0.4) is 0 Å². The van der Waals surface area contributed by atoms with E-state index in [4.69, 9.17) is 5.73 Å². The number of carbonyl (C=O) groups is 1. The van der Waals surface area contributed by atoms with Gasteiger partial charge < -0.3 is 20.7 Å². The molecule has 4 N–H and O–H groups in total. The van der Waals surface area contributed by atoms with E-state index in [1.165, 1.54) is 0 Å². The fraction of sp³-hybridized carbons (Fsp3) is 0.692. The Balaban J connectivity index is 2.01. The van der Waals surface area contributed by atoms with Gasteiger partial charge in [0.05, 0.1) is 5.69 Å². The predicted molar refractivity (Wildman–Crippen MR) is 70.3 cm³/mol. The molecule has 2 aliphatic rings. The Hall–Kier alpha value is -1.40. The Bertz CT molecular complexity index is 491. The van der Waals surface area contributed by atoms with Crippen LogP contribution in [0.1, 0.15) is 47.2 Å². The molecule has 3 rings (SSSR count). The second-order valence-corrected chi connectivity index (χ2v) is 5.50. The molecule has 0 radical (unpaired) electrons. The zero-order chi connectivity index (χ0) is 13.4. The number of aromatic nitrogens is 2. The maximum Gasteiger partial charge on any atom is 0.356 e. The van der Waals surface area contributed by atoms with Crippen LogP contribution in [0.15, 0.2) is 0 Å². The second-order valence-electron chi connectivity index (χ2n) is 5.50. The van der Waals surface area contributed by atoms with Gasteiger partial charge in [-0.25, -0.2) is 9.78 Å². The molecule has 1 atom stereocenters. The summed E-state index contributed by atoms with van der Waals surface area (Å²) in [6.07, 6.45) is 3.61. The molecule has 0 aromatic carbocycles. The number of imidazole rings is 1. The zero-order valence-electron chi connectivity index (χ0n) is 10.9. The number of nitrogens with two attached hydrogens (primary N) is 1. The molecule has 0 aliphatic carbocycles. The number of rotatable bonds is 2. The van der Waals surface area contributed by atoms with Gasteiger partial charge >= 0.3 is 5.97 Å². The van der Waals surface area contributed by atoms with Crippen molar-refractivity contribution in [3.63, 3.8) is 0 Å². The van der Waals surface area contributed by atoms with Crippen LogP contribution in [-0.4, -0.2) is 39.8 Å². The zero-order valence-corrected chi connectivity index (χ0v) is 10.9. The van der Waals surface area contributed by atoms with E-state index in [0.717, 1.165) is 50.3 Å². The minimum atomic E-state index is -0.917. The molecule has 104 valence electrons. The lowest BCUT2D eigenvalue weighted by atomic mass is 9.96. The Kier molecular flexibility index (Phi) is 3.28. The number of hydrogen-bond donors (Lipinski definition) is 3. The molecule has 1 aromatic rings. The van der Waals surface area contributed by atoms with E-state index in [0.29, 0.717) is 12.5 Å². The summed E-state index contributed by atoms with van der Waals surface area (Å²) < 4.78 is 2.08. The van der Waals surface area contributed by atoms with Gasteiger partial charge in [0.1, 0.15) is 5.82 Å². The largest absolute Gasteiger partial charge is 0.476 e. The number of fused-ring (bicyclic) bond motifs is 1. The number of nitrogens with zero attached hydrogens (tertiary/aromatic N) is 2. The molecule has 1 saturated heterocycles. The lowest BCUT2D eigenvalue weighted by Gasteiger charge is -2.27. The standard InChI is InChI=1S/C13H20N4O2/c14-9-1-2-10-11(13(18)19)16-12(17(10)7-9)8-3-5-15-6-4-8/h8-9,15H,1-7,14H2,(H,18,19). The van der Waals surface area contributed by atoms with Gasteiger partial charge in [0.15, 0.2) is 5.69 Å². The molecule has 6 heteroatoms. The predicted octanol–water partition coefficient (Wildman–Crippen LogP) is 0.322. The van der Waals surface area contributed by atoms with Crippen LogP contribution in [0.2, 0.25) is 0 Å². The topological polar surface area (TPSA) is 93.2 Å². The molecular formula is C13H20N4O2. The number of carboxylic acid groups (broad SMARTS) is 1. The van der Waals surface area contributed by atoms with E-state index < -0.39 is 5.97 Å². The maximum absolute atomic E-state index is 11.3. The summed E-state index contributed by atoms with van der Waals surface area (Å²) in [5, 5.41) is 12.6. The van der Waals surface area contributed by atoms with Gasteiger partial charge in [0, 0.05) is 18.5 Å². The van der Waals surface area contributed by atoms with E-state index in [1.807, 2.05) is 0 Å². The number of aromatic carboxylic acids is 1. The lowest BCUT2D eigenvalue weighted by molar-refractivity contribution is 0.0689. The Morgan fingerprint density at radius 2 is 2.11 bits per heavy atom. The van der Waals surface area contributed by atoms with Crippen molar-refractivity contribution in [1.29, 1.82) is 0 Å². The first-order valence-corrected chi connectivity index (χ1v) is 6.95. The maximum atomic E-state index is 11.3.